The first kappa shape index (κ1) is 50.1. The molecule has 0 fully saturated rings. The summed E-state index contributed by atoms with van der Waals surface area (Å²) in [6.07, 6.45) is -10.9. The van der Waals surface area contributed by atoms with Crippen LogP contribution in [0.5, 0.6) is 23.0 Å². The Hall–Kier alpha value is -7.30. The van der Waals surface area contributed by atoms with Crippen molar-refractivity contribution in [2.24, 2.45) is 0 Å². The minimum absolute atomic E-state index is 0.264. The predicted molar refractivity (Wildman–Crippen MR) is 220 cm³/mol. The Labute approximate surface area is 377 Å². The summed E-state index contributed by atoms with van der Waals surface area (Å²) in [5.41, 5.74) is -3.72. The van der Waals surface area contributed by atoms with Gasteiger partial charge in [0.05, 0.1) is 29.5 Å². The smallest absolute Gasteiger partial charge is 0.503 e. The van der Waals surface area contributed by atoms with Crippen LogP contribution in [0.2, 0.25) is 0 Å². The van der Waals surface area contributed by atoms with Gasteiger partial charge in [-0.2, -0.15) is 0 Å². The van der Waals surface area contributed by atoms with E-state index in [4.69, 9.17) is 0 Å². The third kappa shape index (κ3) is 9.87. The topological polar surface area (TPSA) is 181 Å². The van der Waals surface area contributed by atoms with Gasteiger partial charge in [-0.25, -0.2) is 17.6 Å². The Morgan fingerprint density at radius 2 is 1.04 bits per heavy atom. The number of carbonyl (C=O) groups is 4. The maximum atomic E-state index is 16.5. The summed E-state index contributed by atoms with van der Waals surface area (Å²) in [5, 5.41) is 34.3. The van der Waals surface area contributed by atoms with E-state index in [0.717, 1.165) is 62.4 Å². The van der Waals surface area contributed by atoms with Crippen molar-refractivity contribution in [1.29, 1.82) is 0 Å². The molecule has 0 saturated carbocycles. The molecule has 3 atom stereocenters. The fraction of sp³-hybridized carbons (Fsp3) is 0.289. The number of hydrogen-bond acceptors (Lipinski definition) is 9. The first-order valence-electron chi connectivity index (χ1n) is 20.2. The molecule has 6 rings (SSSR count). The zero-order valence-electron chi connectivity index (χ0n) is 35.8. The van der Waals surface area contributed by atoms with Crippen molar-refractivity contribution in [2.45, 2.75) is 71.1 Å². The molecule has 23 heteroatoms. The molecule has 3 unspecified atom stereocenters. The van der Waals surface area contributed by atoms with Crippen molar-refractivity contribution in [3.63, 3.8) is 0 Å². The average molecular weight is 969 g/mol. The van der Waals surface area contributed by atoms with Gasteiger partial charge in [0.15, 0.2) is 34.8 Å². The van der Waals surface area contributed by atoms with E-state index in [0.29, 0.717) is 21.3 Å². The lowest BCUT2D eigenvalue weighted by atomic mass is 9.81. The lowest BCUT2D eigenvalue weighted by molar-refractivity contribution is -0.275. The van der Waals surface area contributed by atoms with Gasteiger partial charge in [0.2, 0.25) is 11.8 Å². The summed E-state index contributed by atoms with van der Waals surface area (Å²) in [7, 11) is 0. The van der Waals surface area contributed by atoms with Crippen LogP contribution in [-0.4, -0.2) is 80.0 Å². The first-order chi connectivity index (χ1) is 31.8. The fourth-order valence-electron chi connectivity index (χ4n) is 7.95. The summed E-state index contributed by atoms with van der Waals surface area (Å²) in [6.45, 7) is 4.32. The molecule has 68 heavy (non-hydrogen) atoms. The van der Waals surface area contributed by atoms with Gasteiger partial charge in [-0.1, -0.05) is 6.92 Å². The molecule has 2 amide bonds. The zero-order chi connectivity index (χ0) is 50.3. The van der Waals surface area contributed by atoms with Gasteiger partial charge in [0.25, 0.3) is 11.8 Å². The van der Waals surface area contributed by atoms with Crippen LogP contribution in [-0.2, 0) is 9.59 Å². The molecule has 362 valence electrons. The number of phenols is 2. The van der Waals surface area contributed by atoms with E-state index in [2.05, 4.69) is 20.1 Å². The van der Waals surface area contributed by atoms with Crippen molar-refractivity contribution in [1.82, 2.24) is 19.8 Å². The number of aliphatic hydroxyl groups excluding tert-OH is 1. The summed E-state index contributed by atoms with van der Waals surface area (Å²) >= 11 is 0. The third-order valence-electron chi connectivity index (χ3n) is 11.1. The SMILES string of the molecule is CCC(C)NC(=O)C(CC(C(=O)NCCO)c1c(C)n(C(=O)c2ccc(OC(F)(F)F)cc2)c2cc(F)c(O)c(F)c12)c1c(C)n(C(=O)c2ccc(OC(F)(F)F)cc2)c2cc(F)c(O)c(F)c12. The second kappa shape index (κ2) is 19.1. The molecule has 0 radical (unpaired) electrons. The highest BCUT2D eigenvalue weighted by atomic mass is 19.4. The molecule has 0 aliphatic heterocycles. The molecular formula is C45H38F10N4O9. The van der Waals surface area contributed by atoms with E-state index < -0.39 is 153 Å². The van der Waals surface area contributed by atoms with E-state index in [-0.39, 0.29) is 28.9 Å². The van der Waals surface area contributed by atoms with Crippen LogP contribution in [0.3, 0.4) is 0 Å². The molecule has 5 N–H and O–H groups in total. The molecule has 4 aromatic carbocycles. The van der Waals surface area contributed by atoms with E-state index in [9.17, 15) is 60.8 Å². The van der Waals surface area contributed by atoms with E-state index >= 15 is 17.6 Å². The number of halogens is 10. The Morgan fingerprint density at radius 3 is 1.40 bits per heavy atom. The van der Waals surface area contributed by atoms with Crippen molar-refractivity contribution < 1.29 is 87.9 Å². The van der Waals surface area contributed by atoms with Crippen LogP contribution in [0.1, 0.15) is 81.8 Å². The zero-order valence-corrected chi connectivity index (χ0v) is 35.8. The molecule has 0 bridgehead atoms. The number of rotatable bonds is 14. The number of aliphatic hydroxyl groups is 1. The van der Waals surface area contributed by atoms with E-state index in [1.54, 1.807) is 13.8 Å². The van der Waals surface area contributed by atoms with Crippen LogP contribution < -0.4 is 20.1 Å². The summed E-state index contributed by atoms with van der Waals surface area (Å²) in [6, 6.07) is 7.04. The van der Waals surface area contributed by atoms with Crippen LogP contribution in [0.15, 0.2) is 60.7 Å². The maximum Gasteiger partial charge on any atom is 0.573 e. The number of nitrogens with one attached hydrogen (secondary N) is 2. The Morgan fingerprint density at radius 1 is 0.662 bits per heavy atom. The van der Waals surface area contributed by atoms with Gasteiger partial charge >= 0.3 is 12.7 Å². The summed E-state index contributed by atoms with van der Waals surface area (Å²) in [5.74, 6) is -19.5. The number of benzene rings is 4. The monoisotopic (exact) mass is 968 g/mol. The van der Waals surface area contributed by atoms with Gasteiger partial charge in [-0.15, -0.1) is 26.3 Å². The van der Waals surface area contributed by atoms with Gasteiger partial charge in [0, 0.05) is 58.0 Å². The number of aromatic hydroxyl groups is 2. The van der Waals surface area contributed by atoms with Crippen LogP contribution >= 0.6 is 0 Å². The fourth-order valence-corrected chi connectivity index (χ4v) is 7.95. The number of carbonyl (C=O) groups excluding carboxylic acids is 4. The summed E-state index contributed by atoms with van der Waals surface area (Å²) < 4.78 is 150. The Balaban J connectivity index is 1.63. The number of aromatic nitrogens is 2. The molecular weight excluding hydrogens is 930 g/mol. The second-order valence-electron chi connectivity index (χ2n) is 15.4. The molecule has 0 aliphatic rings. The minimum Gasteiger partial charge on any atom is -0.503 e. The van der Waals surface area contributed by atoms with E-state index in [1.807, 2.05) is 0 Å². The molecule has 0 spiro atoms. The summed E-state index contributed by atoms with van der Waals surface area (Å²) in [4.78, 5) is 57.6. The highest BCUT2D eigenvalue weighted by molar-refractivity contribution is 6.08. The van der Waals surface area contributed by atoms with Gasteiger partial charge < -0.3 is 35.4 Å². The van der Waals surface area contributed by atoms with Crippen molar-refractivity contribution in [3.8, 4) is 23.0 Å². The number of phenolic OH excluding ortho intramolecular Hbond substituents is 2. The van der Waals surface area contributed by atoms with Gasteiger partial charge in [0.1, 0.15) is 11.5 Å². The quantitative estimate of drug-likeness (QED) is 0.0668. The highest BCUT2D eigenvalue weighted by Crippen LogP contribution is 2.46. The largest absolute Gasteiger partial charge is 0.573 e. The molecule has 2 aromatic heterocycles. The molecule has 0 saturated heterocycles. The van der Waals surface area contributed by atoms with Gasteiger partial charge in [-0.05, 0) is 93.3 Å². The Bertz CT molecular complexity index is 2950. The van der Waals surface area contributed by atoms with Crippen molar-refractivity contribution >= 4 is 45.4 Å². The van der Waals surface area contributed by atoms with Crippen LogP contribution in [0.25, 0.3) is 21.8 Å². The van der Waals surface area contributed by atoms with E-state index in [1.165, 1.54) is 0 Å². The number of fused-ring (bicyclic) bond motifs is 2. The Kier molecular flexibility index (Phi) is 14.1. The number of amides is 2. The van der Waals surface area contributed by atoms with Gasteiger partial charge in [-0.3, -0.25) is 28.3 Å². The first-order valence-corrected chi connectivity index (χ1v) is 20.2. The molecule has 2 heterocycles. The predicted octanol–water partition coefficient (Wildman–Crippen LogP) is 8.64. The lowest BCUT2D eigenvalue weighted by Crippen LogP contribution is -2.39. The number of ether oxygens (including phenoxy) is 2. The second-order valence-corrected chi connectivity index (χ2v) is 15.4. The number of nitrogens with zero attached hydrogens (tertiary/aromatic N) is 2. The minimum atomic E-state index is -5.12. The number of hydrogen-bond donors (Lipinski definition) is 5. The number of alkyl halides is 6. The lowest BCUT2D eigenvalue weighted by Gasteiger charge is -2.26. The third-order valence-corrected chi connectivity index (χ3v) is 11.1. The molecule has 0 aliphatic carbocycles. The van der Waals surface area contributed by atoms with Crippen molar-refractivity contribution in [3.05, 3.63) is 118 Å². The van der Waals surface area contributed by atoms with Crippen LogP contribution in [0.4, 0.5) is 43.9 Å². The maximum absolute atomic E-state index is 16.5. The van der Waals surface area contributed by atoms with Crippen molar-refractivity contribution in [2.75, 3.05) is 13.2 Å². The highest BCUT2D eigenvalue weighted by Gasteiger charge is 2.40. The standard InChI is InChI=1S/C45H38F10N4O9/c1-5-19(2)57-41(64)27(33-21(4)59(31-18-29(47)39(62)37(49)35(31)33)43(66)23-8-12-25(13-9-23)68-45(53,54)55)16-26(40(63)56-14-15-60)32-20(3)58(30-17-28(46)38(61)36(48)34(30)32)42(65)22-6-10-24(11-7-22)67-44(50,51)52/h6-13,17-19,26-27,60-62H,5,14-16H2,1-4H3,(H,56,63)(H,57,64). The molecule has 13 nitrogen and oxygen atoms in total. The van der Waals surface area contributed by atoms with Crippen LogP contribution in [0, 0.1) is 37.1 Å². The average Bonchev–Trinajstić information content (AvgIpc) is 3.71. The molecule has 6 aromatic rings. The normalized spacial score (nSPS) is 13.3.